The van der Waals surface area contributed by atoms with E-state index in [4.69, 9.17) is 14.2 Å². The van der Waals surface area contributed by atoms with Crippen molar-refractivity contribution in [2.24, 2.45) is 0 Å². The molecule has 1 rings (SSSR count). The Morgan fingerprint density at radius 3 is 1.45 bits per heavy atom. The van der Waals surface area contributed by atoms with Gasteiger partial charge in [0.2, 0.25) is 0 Å². The van der Waals surface area contributed by atoms with Gasteiger partial charge in [0.1, 0.15) is 6.61 Å². The molecule has 0 saturated carbocycles. The molecule has 1 aromatic rings. The molecule has 1 aromatic carbocycles. The van der Waals surface area contributed by atoms with Crippen molar-refractivity contribution in [3.05, 3.63) is 48.0 Å². The van der Waals surface area contributed by atoms with Crippen molar-refractivity contribution in [3.63, 3.8) is 0 Å². The molecular weight excluding hydrogens is 608 g/mol. The number of esters is 2. The highest BCUT2D eigenvalue weighted by molar-refractivity contribution is 5.70. The minimum atomic E-state index is -0.588. The molecule has 0 fully saturated rings. The molecule has 0 aliphatic rings. The third-order valence-electron chi connectivity index (χ3n) is 9.27. The zero-order chi connectivity index (χ0) is 35.3. The molecule has 0 unspecified atom stereocenters. The van der Waals surface area contributed by atoms with Gasteiger partial charge in [-0.15, -0.1) is 0 Å². The summed E-state index contributed by atoms with van der Waals surface area (Å²) in [5, 5.41) is 0. The molecule has 0 bridgehead atoms. The summed E-state index contributed by atoms with van der Waals surface area (Å²) in [6, 6.07) is 9.93. The van der Waals surface area contributed by atoms with E-state index < -0.39 is 6.10 Å². The maximum atomic E-state index is 12.6. The van der Waals surface area contributed by atoms with Crippen LogP contribution < -0.4 is 0 Å². The summed E-state index contributed by atoms with van der Waals surface area (Å²) in [5.74, 6) is -0.456. The molecule has 5 nitrogen and oxygen atoms in total. The number of carbonyl (C=O) groups excluding carboxylic acids is 2. The highest BCUT2D eigenvalue weighted by Gasteiger charge is 2.17. The van der Waals surface area contributed by atoms with Crippen LogP contribution in [0.1, 0.15) is 199 Å². The maximum absolute atomic E-state index is 12.6. The van der Waals surface area contributed by atoms with Gasteiger partial charge in [-0.05, 0) is 44.1 Å². The van der Waals surface area contributed by atoms with Gasteiger partial charge in [0.25, 0.3) is 0 Å². The quantitative estimate of drug-likeness (QED) is 0.0400. The molecule has 0 spiro atoms. The van der Waals surface area contributed by atoms with Gasteiger partial charge < -0.3 is 14.2 Å². The second kappa shape index (κ2) is 35.7. The maximum Gasteiger partial charge on any atom is 0.306 e. The first-order valence-corrected chi connectivity index (χ1v) is 20.8. The van der Waals surface area contributed by atoms with Gasteiger partial charge in [-0.1, -0.05) is 185 Å². The Kier molecular flexibility index (Phi) is 32.7. The van der Waals surface area contributed by atoms with E-state index in [1.54, 1.807) is 0 Å². The van der Waals surface area contributed by atoms with Crippen molar-refractivity contribution in [1.82, 2.24) is 0 Å². The Hall–Kier alpha value is -2.14. The zero-order valence-electron chi connectivity index (χ0n) is 32.1. The average Bonchev–Trinajstić information content (AvgIpc) is 3.11. The van der Waals surface area contributed by atoms with Crippen LogP contribution in [0.25, 0.3) is 0 Å². The molecule has 0 aliphatic carbocycles. The monoisotopic (exact) mass is 685 g/mol. The summed E-state index contributed by atoms with van der Waals surface area (Å²) in [6.45, 7) is 5.21. The van der Waals surface area contributed by atoms with Gasteiger partial charge in [0.15, 0.2) is 6.10 Å². The van der Waals surface area contributed by atoms with E-state index in [1.165, 1.54) is 128 Å². The number of ether oxygens (including phenoxy) is 3. The third kappa shape index (κ3) is 31.6. The molecule has 0 aliphatic heterocycles. The fourth-order valence-electron chi connectivity index (χ4n) is 6.13. The Morgan fingerprint density at radius 2 is 0.959 bits per heavy atom. The first-order chi connectivity index (χ1) is 24.2. The number of unbranched alkanes of at least 4 members (excludes halogenated alkanes) is 23. The standard InChI is InChI=1S/C44H76O5/c1-3-5-7-9-11-13-15-17-18-20-22-24-26-28-33-37-44(46)49-42(39-47-38-41-34-30-29-31-35-41)40-48-43(45)36-32-27-25-23-21-19-16-14-12-10-8-6-4-2/h17-18,29-31,34-35,42H,3-16,19-28,32-33,36-40H2,1-2H3/b18-17-/t42-/m0/s1. The van der Waals surface area contributed by atoms with E-state index in [9.17, 15) is 9.59 Å². The highest BCUT2D eigenvalue weighted by Crippen LogP contribution is 2.14. The van der Waals surface area contributed by atoms with Crippen LogP contribution in [0.3, 0.4) is 0 Å². The van der Waals surface area contributed by atoms with Crippen molar-refractivity contribution in [2.75, 3.05) is 13.2 Å². The lowest BCUT2D eigenvalue weighted by atomic mass is 10.0. The van der Waals surface area contributed by atoms with E-state index >= 15 is 0 Å². The Bertz CT molecular complexity index is 883. The van der Waals surface area contributed by atoms with Gasteiger partial charge in [-0.3, -0.25) is 9.59 Å². The fourth-order valence-corrected chi connectivity index (χ4v) is 6.13. The van der Waals surface area contributed by atoms with Gasteiger partial charge >= 0.3 is 11.9 Å². The average molecular weight is 685 g/mol. The predicted octanol–water partition coefficient (Wildman–Crippen LogP) is 13.2. The van der Waals surface area contributed by atoms with Gasteiger partial charge in [0.05, 0.1) is 13.2 Å². The Morgan fingerprint density at radius 1 is 0.531 bits per heavy atom. The smallest absolute Gasteiger partial charge is 0.306 e. The van der Waals surface area contributed by atoms with E-state index in [1.807, 2.05) is 30.3 Å². The summed E-state index contributed by atoms with van der Waals surface area (Å²) in [4.78, 5) is 25.1. The topological polar surface area (TPSA) is 61.8 Å². The number of rotatable bonds is 36. The van der Waals surface area contributed by atoms with Crippen molar-refractivity contribution >= 4 is 11.9 Å². The molecule has 0 radical (unpaired) electrons. The largest absolute Gasteiger partial charge is 0.462 e. The lowest BCUT2D eigenvalue weighted by Crippen LogP contribution is -2.29. The summed E-state index contributed by atoms with van der Waals surface area (Å²) < 4.78 is 17.1. The predicted molar refractivity (Wildman–Crippen MR) is 207 cm³/mol. The third-order valence-corrected chi connectivity index (χ3v) is 9.27. The molecular formula is C44H76O5. The second-order valence-electron chi connectivity index (χ2n) is 14.1. The van der Waals surface area contributed by atoms with Crippen LogP contribution in [0, 0.1) is 0 Å². The summed E-state index contributed by atoms with van der Waals surface area (Å²) >= 11 is 0. The van der Waals surface area contributed by atoms with Crippen LogP contribution in [0.15, 0.2) is 42.5 Å². The molecule has 0 aromatic heterocycles. The number of carbonyl (C=O) groups is 2. The molecule has 282 valence electrons. The first-order valence-electron chi connectivity index (χ1n) is 20.8. The van der Waals surface area contributed by atoms with E-state index in [0.717, 1.165) is 44.1 Å². The molecule has 0 N–H and O–H groups in total. The molecule has 0 heterocycles. The summed E-state index contributed by atoms with van der Waals surface area (Å²) in [5.41, 5.74) is 1.06. The van der Waals surface area contributed by atoms with Crippen molar-refractivity contribution in [1.29, 1.82) is 0 Å². The highest BCUT2D eigenvalue weighted by atomic mass is 16.6. The van der Waals surface area contributed by atoms with Gasteiger partial charge in [-0.25, -0.2) is 0 Å². The molecule has 5 heteroatoms. The lowest BCUT2D eigenvalue weighted by molar-refractivity contribution is -0.163. The van der Waals surface area contributed by atoms with Gasteiger partial charge in [0, 0.05) is 12.8 Å². The number of benzene rings is 1. The van der Waals surface area contributed by atoms with Crippen molar-refractivity contribution in [3.8, 4) is 0 Å². The summed E-state index contributed by atoms with van der Waals surface area (Å²) in [6.07, 6.45) is 37.4. The van der Waals surface area contributed by atoms with Crippen LogP contribution in [-0.4, -0.2) is 31.3 Å². The zero-order valence-corrected chi connectivity index (χ0v) is 32.1. The molecule has 0 amide bonds. The van der Waals surface area contributed by atoms with Crippen LogP contribution in [0.5, 0.6) is 0 Å². The fraction of sp³-hybridized carbons (Fsp3) is 0.773. The Balaban J connectivity index is 2.17. The van der Waals surface area contributed by atoms with Crippen molar-refractivity contribution in [2.45, 2.75) is 206 Å². The van der Waals surface area contributed by atoms with E-state index in [-0.39, 0.29) is 25.2 Å². The van der Waals surface area contributed by atoms with E-state index in [0.29, 0.717) is 19.4 Å². The van der Waals surface area contributed by atoms with Crippen molar-refractivity contribution < 1.29 is 23.8 Å². The number of hydrogen-bond donors (Lipinski definition) is 0. The van der Waals surface area contributed by atoms with Crippen LogP contribution in [0.4, 0.5) is 0 Å². The van der Waals surface area contributed by atoms with Gasteiger partial charge in [-0.2, -0.15) is 0 Å². The summed E-state index contributed by atoms with van der Waals surface area (Å²) in [7, 11) is 0. The minimum absolute atomic E-state index is 0.0458. The number of allylic oxidation sites excluding steroid dienone is 2. The number of hydrogen-bond acceptors (Lipinski definition) is 5. The van der Waals surface area contributed by atoms with Crippen LogP contribution in [0.2, 0.25) is 0 Å². The molecule has 0 saturated heterocycles. The van der Waals surface area contributed by atoms with E-state index in [2.05, 4.69) is 26.0 Å². The normalized spacial score (nSPS) is 12.0. The van der Waals surface area contributed by atoms with Crippen LogP contribution >= 0.6 is 0 Å². The second-order valence-corrected chi connectivity index (χ2v) is 14.1. The first kappa shape index (κ1) is 44.9. The lowest BCUT2D eigenvalue weighted by Gasteiger charge is -2.18. The minimum Gasteiger partial charge on any atom is -0.462 e. The Labute approximate surface area is 302 Å². The van der Waals surface area contributed by atoms with Crippen LogP contribution in [-0.2, 0) is 30.4 Å². The molecule has 1 atom stereocenters. The SMILES string of the molecule is CCCCCCCC/C=C\CCCCCCCC(=O)O[C@@H](COCc1ccccc1)COC(=O)CCCCCCCCCCCCCCC. The molecule has 49 heavy (non-hydrogen) atoms.